The molecule has 0 fully saturated rings. The molecule has 3 aromatic carbocycles. The average Bonchev–Trinajstić information content (AvgIpc) is 3.26. The number of benzene rings is 3. The van der Waals surface area contributed by atoms with Crippen molar-refractivity contribution in [2.75, 3.05) is 26.2 Å². The number of halogens is 4. The third kappa shape index (κ3) is 5.28. The topological polar surface area (TPSA) is 39.5 Å². The molecule has 0 aliphatic rings. The molecule has 0 unspecified atom stereocenters. The van der Waals surface area contributed by atoms with Crippen LogP contribution in [-0.2, 0) is 5.75 Å². The minimum Gasteiger partial charge on any atom is -0.493 e. The second-order valence-corrected chi connectivity index (χ2v) is 9.30. The van der Waals surface area contributed by atoms with Gasteiger partial charge in [0.25, 0.3) is 0 Å². The van der Waals surface area contributed by atoms with Crippen molar-refractivity contribution in [3.05, 3.63) is 88.3 Å². The van der Waals surface area contributed by atoms with E-state index in [4.69, 9.17) is 9.47 Å². The Morgan fingerprint density at radius 1 is 0.943 bits per heavy atom. The fourth-order valence-electron chi connectivity index (χ4n) is 3.51. The van der Waals surface area contributed by atoms with Gasteiger partial charge in [0.15, 0.2) is 16.7 Å². The lowest BCUT2D eigenvalue weighted by atomic mass is 10.2. The van der Waals surface area contributed by atoms with Gasteiger partial charge in [0.05, 0.1) is 20.4 Å². The van der Waals surface area contributed by atoms with Gasteiger partial charge in [0.1, 0.15) is 23.3 Å². The normalized spacial score (nSPS) is 10.9. The first-order chi connectivity index (χ1) is 16.8. The van der Waals surface area contributed by atoms with Crippen LogP contribution in [0.25, 0.3) is 5.69 Å². The Morgan fingerprint density at radius 3 is 2.23 bits per heavy atom. The Kier molecular flexibility index (Phi) is 7.61. The Morgan fingerprint density at radius 2 is 1.60 bits per heavy atom. The molecule has 0 amide bonds. The van der Waals surface area contributed by atoms with Crippen molar-refractivity contribution >= 4 is 39.2 Å². The van der Waals surface area contributed by atoms with Crippen LogP contribution in [0, 0.1) is 17.5 Å². The number of nitrogens with zero attached hydrogens (tertiary/aromatic N) is 3. The molecule has 35 heavy (non-hydrogen) atoms. The van der Waals surface area contributed by atoms with Gasteiger partial charge < -0.3 is 14.4 Å². The van der Waals surface area contributed by atoms with Crippen LogP contribution in [-0.4, -0.2) is 30.8 Å². The summed E-state index contributed by atoms with van der Waals surface area (Å²) in [6, 6.07) is 13.8. The molecule has 0 N–H and O–H groups in total. The number of thioether (sulfide) groups is 1. The molecule has 0 saturated heterocycles. The highest BCUT2D eigenvalue weighted by atomic mass is 79.9. The molecule has 4 rings (SSSR count). The van der Waals surface area contributed by atoms with E-state index in [2.05, 4.69) is 20.9 Å². The zero-order chi connectivity index (χ0) is 25.1. The zero-order valence-electron chi connectivity index (χ0n) is 19.1. The maximum Gasteiger partial charge on any atom is 0.174 e. The number of methoxy groups -OCH3 is 2. The number of imidazole rings is 1. The van der Waals surface area contributed by atoms with E-state index >= 15 is 0 Å². The van der Waals surface area contributed by atoms with Gasteiger partial charge >= 0.3 is 0 Å². The Labute approximate surface area is 213 Å². The van der Waals surface area contributed by atoms with Gasteiger partial charge in [-0.3, -0.25) is 4.57 Å². The fraction of sp³-hybridized carbons (Fsp3) is 0.160. The SMILES string of the molecule is COc1ccc(N(C)c2cnc(SCc3c(F)cc(Br)cc3F)n2-c2ccc(F)cc2)cc1OC. The lowest BCUT2D eigenvalue weighted by Gasteiger charge is -2.23. The minimum absolute atomic E-state index is 0.0165. The lowest BCUT2D eigenvalue weighted by molar-refractivity contribution is 0.355. The van der Waals surface area contributed by atoms with Gasteiger partial charge in [0, 0.05) is 40.3 Å². The zero-order valence-corrected chi connectivity index (χ0v) is 21.5. The maximum atomic E-state index is 14.4. The van der Waals surface area contributed by atoms with Crippen molar-refractivity contribution in [2.24, 2.45) is 0 Å². The first kappa shape index (κ1) is 25.0. The van der Waals surface area contributed by atoms with Crippen molar-refractivity contribution in [1.82, 2.24) is 9.55 Å². The van der Waals surface area contributed by atoms with Crippen LogP contribution in [0.5, 0.6) is 11.5 Å². The van der Waals surface area contributed by atoms with E-state index in [1.54, 1.807) is 43.2 Å². The number of ether oxygens (including phenoxy) is 2. The van der Waals surface area contributed by atoms with Gasteiger partial charge in [-0.15, -0.1) is 0 Å². The second kappa shape index (κ2) is 10.7. The molecule has 4 aromatic rings. The van der Waals surface area contributed by atoms with Crippen LogP contribution < -0.4 is 14.4 Å². The molecule has 0 radical (unpaired) electrons. The summed E-state index contributed by atoms with van der Waals surface area (Å²) in [7, 11) is 4.96. The number of rotatable bonds is 8. The predicted octanol–water partition coefficient (Wildman–Crippen LogP) is 7.13. The fourth-order valence-corrected chi connectivity index (χ4v) is 4.92. The molecule has 0 aliphatic carbocycles. The standard InChI is InChI=1S/C25H21BrF3N3O2S/c1-31(18-8-9-22(33-2)23(12-18)34-3)24-13-30-25(32(24)17-6-4-16(27)5-7-17)35-14-19-20(28)10-15(26)11-21(19)29/h4-13H,14H2,1-3H3. The number of aromatic nitrogens is 2. The van der Waals surface area contributed by atoms with E-state index in [1.807, 2.05) is 24.1 Å². The van der Waals surface area contributed by atoms with E-state index in [0.717, 1.165) is 5.69 Å². The van der Waals surface area contributed by atoms with Gasteiger partial charge in [0.2, 0.25) is 0 Å². The molecular weight excluding hydrogens is 543 g/mol. The quantitative estimate of drug-likeness (QED) is 0.213. The van der Waals surface area contributed by atoms with Crippen molar-refractivity contribution in [3.63, 3.8) is 0 Å². The van der Waals surface area contributed by atoms with Gasteiger partial charge in [-0.2, -0.15) is 0 Å². The summed E-state index contributed by atoms with van der Waals surface area (Å²) in [6.45, 7) is 0. The van der Waals surface area contributed by atoms with Gasteiger partial charge in [-0.25, -0.2) is 18.2 Å². The largest absolute Gasteiger partial charge is 0.493 e. The summed E-state index contributed by atoms with van der Waals surface area (Å²) in [5.41, 5.74) is 1.37. The van der Waals surface area contributed by atoms with E-state index in [0.29, 0.717) is 32.6 Å². The van der Waals surface area contributed by atoms with Crippen LogP contribution in [0.2, 0.25) is 0 Å². The van der Waals surface area contributed by atoms with Crippen LogP contribution in [0.4, 0.5) is 24.7 Å². The van der Waals surface area contributed by atoms with E-state index < -0.39 is 11.6 Å². The van der Waals surface area contributed by atoms with Crippen LogP contribution in [0.15, 0.2) is 70.4 Å². The summed E-state index contributed by atoms with van der Waals surface area (Å²) < 4.78 is 55.3. The second-order valence-electron chi connectivity index (χ2n) is 7.45. The Bertz CT molecular complexity index is 1330. The molecule has 1 heterocycles. The molecule has 5 nitrogen and oxygen atoms in total. The molecule has 182 valence electrons. The van der Waals surface area contributed by atoms with Gasteiger partial charge in [-0.05, 0) is 48.5 Å². The molecule has 0 spiro atoms. The average molecular weight is 564 g/mol. The smallest absolute Gasteiger partial charge is 0.174 e. The first-order valence-electron chi connectivity index (χ1n) is 10.4. The van der Waals surface area contributed by atoms with Crippen molar-refractivity contribution < 1.29 is 22.6 Å². The van der Waals surface area contributed by atoms with Crippen LogP contribution >= 0.6 is 27.7 Å². The summed E-state index contributed by atoms with van der Waals surface area (Å²) >= 11 is 4.27. The van der Waals surface area contributed by atoms with E-state index in [1.165, 1.54) is 36.0 Å². The summed E-state index contributed by atoms with van der Waals surface area (Å²) in [5, 5.41) is 0.487. The number of hydrogen-bond donors (Lipinski definition) is 0. The molecule has 0 bridgehead atoms. The predicted molar refractivity (Wildman–Crippen MR) is 135 cm³/mol. The highest BCUT2D eigenvalue weighted by Gasteiger charge is 2.20. The number of anilines is 2. The lowest BCUT2D eigenvalue weighted by Crippen LogP contribution is -2.14. The van der Waals surface area contributed by atoms with E-state index in [9.17, 15) is 13.2 Å². The molecule has 0 saturated carbocycles. The van der Waals surface area contributed by atoms with Gasteiger partial charge in [-0.1, -0.05) is 27.7 Å². The minimum atomic E-state index is -0.646. The molecule has 1 aromatic heterocycles. The molecular formula is C25H21BrF3N3O2S. The van der Waals surface area contributed by atoms with Crippen molar-refractivity contribution in [2.45, 2.75) is 10.9 Å². The third-order valence-electron chi connectivity index (χ3n) is 5.35. The van der Waals surface area contributed by atoms with Crippen LogP contribution in [0.1, 0.15) is 5.56 Å². The molecule has 10 heteroatoms. The summed E-state index contributed by atoms with van der Waals surface area (Å²) in [6.07, 6.45) is 1.65. The highest BCUT2D eigenvalue weighted by Crippen LogP contribution is 2.37. The molecule has 0 atom stereocenters. The Balaban J connectivity index is 1.74. The first-order valence-corrected chi connectivity index (χ1v) is 12.2. The third-order valence-corrected chi connectivity index (χ3v) is 6.78. The number of hydrogen-bond acceptors (Lipinski definition) is 5. The van der Waals surface area contributed by atoms with E-state index in [-0.39, 0.29) is 17.1 Å². The Hall–Kier alpha value is -3.11. The maximum absolute atomic E-state index is 14.4. The van der Waals surface area contributed by atoms with Crippen molar-refractivity contribution in [3.8, 4) is 17.2 Å². The summed E-state index contributed by atoms with van der Waals surface area (Å²) in [5.74, 6) is 0.147. The monoisotopic (exact) mass is 563 g/mol. The highest BCUT2D eigenvalue weighted by molar-refractivity contribution is 9.10. The molecule has 0 aliphatic heterocycles. The summed E-state index contributed by atoms with van der Waals surface area (Å²) in [4.78, 5) is 6.39. The van der Waals surface area contributed by atoms with Crippen LogP contribution in [0.3, 0.4) is 0 Å². The van der Waals surface area contributed by atoms with Crippen molar-refractivity contribution in [1.29, 1.82) is 0 Å².